The molecule has 3 rings (SSSR count). The Labute approximate surface area is 153 Å². The quantitative estimate of drug-likeness (QED) is 0.830. The number of nitrogens with one attached hydrogen (secondary N) is 2. The zero-order valence-corrected chi connectivity index (χ0v) is 15.5. The Morgan fingerprint density at radius 3 is 2.85 bits per heavy atom. The number of aromatic amines is 1. The Hall–Kier alpha value is -2.09. The molecule has 2 N–H and O–H groups in total. The van der Waals surface area contributed by atoms with Crippen LogP contribution in [0.25, 0.3) is 0 Å². The summed E-state index contributed by atoms with van der Waals surface area (Å²) in [5.41, 5.74) is 1.06. The number of H-pyrrole nitrogens is 1. The first-order valence-corrected chi connectivity index (χ1v) is 9.40. The summed E-state index contributed by atoms with van der Waals surface area (Å²) in [5, 5.41) is 2.76. The SMILES string of the molecule is CCc1cnc(C2CCCN2C(=O)C(NC(=O)OC)C2CCOCC2)[nH]1. The maximum Gasteiger partial charge on any atom is 0.407 e. The Kier molecular flexibility index (Phi) is 6.13. The van der Waals surface area contributed by atoms with Gasteiger partial charge >= 0.3 is 6.09 Å². The van der Waals surface area contributed by atoms with Gasteiger partial charge in [-0.05, 0) is 38.0 Å². The number of nitrogens with zero attached hydrogens (tertiary/aromatic N) is 2. The van der Waals surface area contributed by atoms with Crippen LogP contribution < -0.4 is 5.32 Å². The number of hydrogen-bond acceptors (Lipinski definition) is 5. The predicted octanol–water partition coefficient (Wildman–Crippen LogP) is 1.79. The number of methoxy groups -OCH3 is 1. The Morgan fingerprint density at radius 2 is 2.19 bits per heavy atom. The van der Waals surface area contributed by atoms with Gasteiger partial charge in [-0.15, -0.1) is 0 Å². The van der Waals surface area contributed by atoms with E-state index in [2.05, 4.69) is 22.2 Å². The lowest BCUT2D eigenvalue weighted by Crippen LogP contribution is -2.53. The van der Waals surface area contributed by atoms with Gasteiger partial charge < -0.3 is 24.7 Å². The van der Waals surface area contributed by atoms with Crippen LogP contribution in [-0.2, 0) is 20.7 Å². The van der Waals surface area contributed by atoms with E-state index in [1.54, 1.807) is 0 Å². The number of carbonyl (C=O) groups is 2. The highest BCUT2D eigenvalue weighted by atomic mass is 16.5. The van der Waals surface area contributed by atoms with Crippen molar-refractivity contribution in [3.63, 3.8) is 0 Å². The van der Waals surface area contributed by atoms with Crippen molar-refractivity contribution in [1.82, 2.24) is 20.2 Å². The molecule has 2 aliphatic rings. The molecular formula is C18H28N4O4. The number of likely N-dealkylation sites (tertiary alicyclic amines) is 1. The molecule has 0 radical (unpaired) electrons. The van der Waals surface area contributed by atoms with Gasteiger partial charge in [-0.25, -0.2) is 9.78 Å². The lowest BCUT2D eigenvalue weighted by Gasteiger charge is -2.34. The van der Waals surface area contributed by atoms with Crippen LogP contribution in [0.3, 0.4) is 0 Å². The highest BCUT2D eigenvalue weighted by molar-refractivity contribution is 5.86. The number of rotatable bonds is 5. The molecule has 26 heavy (non-hydrogen) atoms. The molecule has 2 unspecified atom stereocenters. The molecule has 8 nitrogen and oxygen atoms in total. The van der Waals surface area contributed by atoms with E-state index in [1.807, 2.05) is 11.1 Å². The van der Waals surface area contributed by atoms with Gasteiger partial charge in [-0.3, -0.25) is 4.79 Å². The first-order valence-electron chi connectivity index (χ1n) is 9.40. The minimum atomic E-state index is -0.590. The number of imidazole rings is 1. The number of hydrogen-bond donors (Lipinski definition) is 2. The van der Waals surface area contributed by atoms with E-state index < -0.39 is 12.1 Å². The zero-order valence-electron chi connectivity index (χ0n) is 15.5. The maximum atomic E-state index is 13.3. The normalized spacial score (nSPS) is 22.2. The summed E-state index contributed by atoms with van der Waals surface area (Å²) in [6.07, 6.45) is 5.44. The fourth-order valence-electron chi connectivity index (χ4n) is 3.84. The van der Waals surface area contributed by atoms with Crippen molar-refractivity contribution >= 4 is 12.0 Å². The van der Waals surface area contributed by atoms with Crippen LogP contribution in [0.2, 0.25) is 0 Å². The summed E-state index contributed by atoms with van der Waals surface area (Å²) in [6, 6.07) is -0.655. The van der Waals surface area contributed by atoms with Crippen molar-refractivity contribution in [2.75, 3.05) is 26.9 Å². The summed E-state index contributed by atoms with van der Waals surface area (Å²) in [5.74, 6) is 0.829. The van der Waals surface area contributed by atoms with E-state index in [1.165, 1.54) is 7.11 Å². The van der Waals surface area contributed by atoms with E-state index in [9.17, 15) is 9.59 Å². The molecule has 1 aromatic rings. The summed E-state index contributed by atoms with van der Waals surface area (Å²) < 4.78 is 10.2. The zero-order chi connectivity index (χ0) is 18.5. The summed E-state index contributed by atoms with van der Waals surface area (Å²) in [6.45, 7) is 3.96. The summed E-state index contributed by atoms with van der Waals surface area (Å²) in [4.78, 5) is 34.8. The highest BCUT2D eigenvalue weighted by Gasteiger charge is 2.39. The van der Waals surface area contributed by atoms with E-state index in [-0.39, 0.29) is 17.9 Å². The third-order valence-electron chi connectivity index (χ3n) is 5.34. The lowest BCUT2D eigenvalue weighted by atomic mass is 9.90. The van der Waals surface area contributed by atoms with Gasteiger partial charge in [0, 0.05) is 31.6 Å². The fraction of sp³-hybridized carbons (Fsp3) is 0.722. The molecule has 2 fully saturated rings. The third kappa shape index (κ3) is 4.00. The van der Waals surface area contributed by atoms with Crippen molar-refractivity contribution in [3.8, 4) is 0 Å². The van der Waals surface area contributed by atoms with Crippen molar-refractivity contribution in [2.24, 2.45) is 5.92 Å². The second-order valence-electron chi connectivity index (χ2n) is 6.90. The van der Waals surface area contributed by atoms with Gasteiger partial charge in [0.2, 0.25) is 5.91 Å². The van der Waals surface area contributed by atoms with E-state index >= 15 is 0 Å². The Bertz CT molecular complexity index is 626. The van der Waals surface area contributed by atoms with Gasteiger partial charge in [-0.1, -0.05) is 6.92 Å². The van der Waals surface area contributed by atoms with E-state index in [0.717, 1.165) is 43.6 Å². The number of aromatic nitrogens is 2. The summed E-state index contributed by atoms with van der Waals surface area (Å²) in [7, 11) is 1.31. The van der Waals surface area contributed by atoms with E-state index in [0.29, 0.717) is 19.8 Å². The molecule has 2 atom stereocenters. The van der Waals surface area contributed by atoms with Crippen molar-refractivity contribution in [3.05, 3.63) is 17.7 Å². The van der Waals surface area contributed by atoms with Crippen LogP contribution >= 0.6 is 0 Å². The molecule has 2 aliphatic heterocycles. The van der Waals surface area contributed by atoms with Gasteiger partial charge in [0.25, 0.3) is 0 Å². The smallest absolute Gasteiger partial charge is 0.407 e. The number of ether oxygens (including phenoxy) is 2. The number of amides is 2. The largest absolute Gasteiger partial charge is 0.453 e. The van der Waals surface area contributed by atoms with Gasteiger partial charge in [0.15, 0.2) is 0 Å². The molecule has 0 bridgehead atoms. The molecule has 2 amide bonds. The van der Waals surface area contributed by atoms with Crippen LogP contribution in [0, 0.1) is 5.92 Å². The number of aryl methyl sites for hydroxylation is 1. The second kappa shape index (κ2) is 8.53. The van der Waals surface area contributed by atoms with Crippen molar-refractivity contribution in [2.45, 2.75) is 51.1 Å². The van der Waals surface area contributed by atoms with Crippen LogP contribution in [0.15, 0.2) is 6.20 Å². The lowest BCUT2D eigenvalue weighted by molar-refractivity contribution is -0.136. The van der Waals surface area contributed by atoms with Crippen molar-refractivity contribution in [1.29, 1.82) is 0 Å². The maximum absolute atomic E-state index is 13.3. The molecule has 3 heterocycles. The standard InChI is InChI=1S/C18H28N4O4/c1-3-13-11-19-16(20-13)14-5-4-8-22(14)17(23)15(21-18(24)25-2)12-6-9-26-10-7-12/h11-12,14-15H,3-10H2,1-2H3,(H,19,20)(H,21,24). The van der Waals surface area contributed by atoms with Crippen LogP contribution in [0.5, 0.6) is 0 Å². The van der Waals surface area contributed by atoms with Crippen molar-refractivity contribution < 1.29 is 19.1 Å². The molecule has 1 aromatic heterocycles. The van der Waals surface area contributed by atoms with Gasteiger partial charge in [0.1, 0.15) is 11.9 Å². The average Bonchev–Trinajstić information content (AvgIpc) is 3.34. The second-order valence-corrected chi connectivity index (χ2v) is 6.90. The molecule has 0 aromatic carbocycles. The topological polar surface area (TPSA) is 96.6 Å². The minimum absolute atomic E-state index is 0.0550. The average molecular weight is 364 g/mol. The van der Waals surface area contributed by atoms with Gasteiger partial charge in [-0.2, -0.15) is 0 Å². The summed E-state index contributed by atoms with van der Waals surface area (Å²) >= 11 is 0. The molecule has 0 saturated carbocycles. The molecule has 0 aliphatic carbocycles. The van der Waals surface area contributed by atoms with Crippen LogP contribution in [-0.4, -0.2) is 59.8 Å². The Balaban J connectivity index is 1.78. The van der Waals surface area contributed by atoms with Gasteiger partial charge in [0.05, 0.1) is 13.2 Å². The first kappa shape index (κ1) is 18.7. The molecule has 2 saturated heterocycles. The molecular weight excluding hydrogens is 336 g/mol. The van der Waals surface area contributed by atoms with Crippen LogP contribution in [0.4, 0.5) is 4.79 Å². The first-order chi connectivity index (χ1) is 12.6. The van der Waals surface area contributed by atoms with E-state index in [4.69, 9.17) is 9.47 Å². The Morgan fingerprint density at radius 1 is 1.42 bits per heavy atom. The molecule has 8 heteroatoms. The molecule has 144 valence electrons. The predicted molar refractivity (Wildman–Crippen MR) is 94.5 cm³/mol. The highest BCUT2D eigenvalue weighted by Crippen LogP contribution is 2.32. The number of carbonyl (C=O) groups excluding carboxylic acids is 2. The fourth-order valence-corrected chi connectivity index (χ4v) is 3.84. The number of alkyl carbamates (subject to hydrolysis) is 1. The minimum Gasteiger partial charge on any atom is -0.453 e. The third-order valence-corrected chi connectivity index (χ3v) is 5.34. The van der Waals surface area contributed by atoms with Crippen LogP contribution in [0.1, 0.15) is 50.2 Å². The molecule has 0 spiro atoms. The monoisotopic (exact) mass is 364 g/mol.